The monoisotopic (exact) mass is 308 g/mol. The minimum absolute atomic E-state index is 0.0217. The van der Waals surface area contributed by atoms with Gasteiger partial charge in [-0.15, -0.1) is 0 Å². The highest BCUT2D eigenvalue weighted by molar-refractivity contribution is 6.01. The minimum atomic E-state index is -2.62. The maximum Gasteiger partial charge on any atom is 0.228 e. The van der Waals surface area contributed by atoms with Crippen molar-refractivity contribution in [3.63, 3.8) is 0 Å². The first-order valence-corrected chi connectivity index (χ1v) is 6.11. The smallest absolute Gasteiger partial charge is 0.228 e. The van der Waals surface area contributed by atoms with Gasteiger partial charge in [-0.05, 0) is 12.3 Å². The Hall–Kier alpha value is -1.47. The van der Waals surface area contributed by atoms with Crippen molar-refractivity contribution >= 4 is 5.78 Å². The molecular weight excluding hydrogens is 292 g/mol. The molecule has 1 atom stereocenters. The lowest BCUT2D eigenvalue weighted by atomic mass is 9.97. The number of Topliss-reactive ketones (excluding diaryl/α,β-unsaturated/α-hetero) is 1. The average molecular weight is 308 g/mol. The Kier molecular flexibility index (Phi) is 4.80. The summed E-state index contributed by atoms with van der Waals surface area (Å²) < 4.78 is 58.2. The van der Waals surface area contributed by atoms with E-state index in [0.29, 0.717) is 0 Å². The average Bonchev–Trinajstić information content (AvgIpc) is 2.33. The van der Waals surface area contributed by atoms with Gasteiger partial charge in [-0.2, -0.15) is 0 Å². The van der Waals surface area contributed by atoms with Crippen molar-refractivity contribution in [1.29, 1.82) is 0 Å². The molecular formula is C14H16F4O3. The van der Waals surface area contributed by atoms with E-state index >= 15 is 0 Å². The molecule has 0 aliphatic rings. The van der Waals surface area contributed by atoms with E-state index in [4.69, 9.17) is 4.74 Å². The highest BCUT2D eigenvalue weighted by Crippen LogP contribution is 2.26. The molecule has 0 radical (unpaired) electrons. The van der Waals surface area contributed by atoms with Crippen molar-refractivity contribution in [2.75, 3.05) is 6.61 Å². The van der Waals surface area contributed by atoms with Crippen LogP contribution in [0.4, 0.5) is 17.6 Å². The third-order valence-corrected chi connectivity index (χ3v) is 2.55. The van der Waals surface area contributed by atoms with Gasteiger partial charge in [0.15, 0.2) is 23.3 Å². The first kappa shape index (κ1) is 17.6. The van der Waals surface area contributed by atoms with Crippen LogP contribution in [0.15, 0.2) is 6.07 Å². The zero-order valence-corrected chi connectivity index (χ0v) is 12.1. The summed E-state index contributed by atoms with van der Waals surface area (Å²) in [6.45, 7) is 5.93. The van der Waals surface area contributed by atoms with Crippen LogP contribution in [0.1, 0.15) is 38.1 Å². The normalized spacial score (nSPS) is 14.9. The Balaban J connectivity index is 3.19. The van der Waals surface area contributed by atoms with Crippen LogP contribution < -0.4 is 0 Å². The third kappa shape index (κ3) is 4.01. The third-order valence-electron chi connectivity index (χ3n) is 2.55. The number of hydrogen-bond acceptors (Lipinski definition) is 3. The van der Waals surface area contributed by atoms with Crippen molar-refractivity contribution in [2.24, 2.45) is 5.41 Å². The number of carbonyl (C=O) groups excluding carboxylic acids is 1. The number of hydrogen-bond donors (Lipinski definition) is 1. The number of ether oxygens (including phenoxy) is 1. The molecule has 0 aromatic heterocycles. The van der Waals surface area contributed by atoms with Gasteiger partial charge in [-0.1, -0.05) is 20.8 Å². The quantitative estimate of drug-likeness (QED) is 0.402. The van der Waals surface area contributed by atoms with Crippen molar-refractivity contribution in [3.05, 3.63) is 34.9 Å². The van der Waals surface area contributed by atoms with Crippen molar-refractivity contribution < 1.29 is 32.2 Å². The van der Waals surface area contributed by atoms with E-state index in [1.165, 1.54) is 0 Å². The van der Waals surface area contributed by atoms with Crippen LogP contribution in [0.25, 0.3) is 0 Å². The van der Waals surface area contributed by atoms with Crippen molar-refractivity contribution in [2.45, 2.75) is 33.5 Å². The number of aliphatic hydroxyl groups is 1. The summed E-state index contributed by atoms with van der Waals surface area (Å²) in [7, 11) is 0. The number of halogens is 4. The molecule has 0 saturated carbocycles. The number of rotatable bonds is 4. The lowest BCUT2D eigenvalue weighted by Crippen LogP contribution is -2.41. The molecule has 0 amide bonds. The van der Waals surface area contributed by atoms with Gasteiger partial charge in [0, 0.05) is 6.07 Å². The Bertz CT molecular complexity index is 536. The predicted octanol–water partition coefficient (Wildman–Crippen LogP) is 3.20. The van der Waals surface area contributed by atoms with Gasteiger partial charge >= 0.3 is 0 Å². The summed E-state index contributed by atoms with van der Waals surface area (Å²) >= 11 is 0. The Morgan fingerprint density at radius 3 is 1.90 bits per heavy atom. The fourth-order valence-electron chi connectivity index (χ4n) is 1.43. The molecule has 1 aromatic rings. The molecule has 21 heavy (non-hydrogen) atoms. The molecule has 0 spiro atoms. The fraction of sp³-hybridized carbons (Fsp3) is 0.500. The lowest BCUT2D eigenvalue weighted by Gasteiger charge is -2.27. The largest absolute Gasteiger partial charge is 0.359 e. The molecule has 0 saturated heterocycles. The molecule has 1 rings (SSSR count). The van der Waals surface area contributed by atoms with E-state index in [2.05, 4.69) is 0 Å². The van der Waals surface area contributed by atoms with E-state index in [0.717, 1.165) is 6.92 Å². The van der Waals surface area contributed by atoms with Gasteiger partial charge in [-0.3, -0.25) is 4.79 Å². The summed E-state index contributed by atoms with van der Waals surface area (Å²) in [4.78, 5) is 11.9. The van der Waals surface area contributed by atoms with Crippen LogP contribution in [-0.4, -0.2) is 23.3 Å². The summed E-state index contributed by atoms with van der Waals surface area (Å²) in [6, 6.07) is -0.0217. The zero-order chi connectivity index (χ0) is 16.6. The number of ketones is 1. The van der Waals surface area contributed by atoms with E-state index in [-0.39, 0.29) is 12.7 Å². The molecule has 0 fully saturated rings. The summed E-state index contributed by atoms with van der Waals surface area (Å²) in [5.41, 5.74) is -1.96. The van der Waals surface area contributed by atoms with Gasteiger partial charge in [0.25, 0.3) is 0 Å². The molecule has 0 aliphatic carbocycles. The maximum absolute atomic E-state index is 13.5. The van der Waals surface area contributed by atoms with Crippen molar-refractivity contribution in [3.8, 4) is 0 Å². The Morgan fingerprint density at radius 2 is 1.52 bits per heavy atom. The predicted molar refractivity (Wildman–Crippen MR) is 66.6 cm³/mol. The van der Waals surface area contributed by atoms with Crippen LogP contribution in [0.5, 0.6) is 0 Å². The molecule has 1 N–H and O–H groups in total. The second kappa shape index (κ2) is 5.73. The van der Waals surface area contributed by atoms with Crippen LogP contribution in [-0.2, 0) is 4.74 Å². The summed E-state index contributed by atoms with van der Waals surface area (Å²) in [5.74, 6) is -11.4. The van der Waals surface area contributed by atoms with Crippen LogP contribution in [0.3, 0.4) is 0 Å². The maximum atomic E-state index is 13.5. The topological polar surface area (TPSA) is 46.5 Å². The van der Waals surface area contributed by atoms with E-state index in [9.17, 15) is 27.5 Å². The molecule has 0 bridgehead atoms. The molecule has 1 unspecified atom stereocenters. The van der Waals surface area contributed by atoms with Crippen LogP contribution >= 0.6 is 0 Å². The minimum Gasteiger partial charge on any atom is -0.359 e. The zero-order valence-electron chi connectivity index (χ0n) is 12.1. The summed E-state index contributed by atoms with van der Waals surface area (Å²) in [6.07, 6.45) is 0. The molecule has 1 aromatic carbocycles. The van der Waals surface area contributed by atoms with Gasteiger partial charge in [0.1, 0.15) is 5.56 Å². The first-order valence-electron chi connectivity index (χ1n) is 6.11. The van der Waals surface area contributed by atoms with E-state index in [1.54, 1.807) is 20.8 Å². The number of carbonyl (C=O) groups is 1. The molecule has 7 heteroatoms. The van der Waals surface area contributed by atoms with Gasteiger partial charge in [0.05, 0.1) is 6.61 Å². The standard InChI is InChI=1S/C14H16F4O3/c1-13(2,3)6-21-14(4,20)12(19)9-10(17)7(15)5-8(16)11(9)18/h5,20H,6H2,1-4H3. The highest BCUT2D eigenvalue weighted by atomic mass is 19.2. The second-order valence-corrected chi connectivity index (χ2v) is 6.00. The van der Waals surface area contributed by atoms with Gasteiger partial charge < -0.3 is 9.84 Å². The lowest BCUT2D eigenvalue weighted by molar-refractivity contribution is -0.168. The molecule has 0 heterocycles. The first-order chi connectivity index (χ1) is 9.37. The van der Waals surface area contributed by atoms with Crippen LogP contribution in [0.2, 0.25) is 0 Å². The molecule has 118 valence electrons. The van der Waals surface area contributed by atoms with Gasteiger partial charge in [-0.25, -0.2) is 17.6 Å². The van der Waals surface area contributed by atoms with E-state index in [1.807, 2.05) is 0 Å². The number of benzene rings is 1. The van der Waals surface area contributed by atoms with Crippen molar-refractivity contribution in [1.82, 2.24) is 0 Å². The molecule has 3 nitrogen and oxygen atoms in total. The fourth-order valence-corrected chi connectivity index (χ4v) is 1.43. The van der Waals surface area contributed by atoms with Gasteiger partial charge in [0.2, 0.25) is 11.6 Å². The van der Waals surface area contributed by atoms with E-state index < -0.39 is 45.8 Å². The second-order valence-electron chi connectivity index (χ2n) is 6.00. The highest BCUT2D eigenvalue weighted by Gasteiger charge is 2.39. The SMILES string of the molecule is CC(C)(C)COC(C)(O)C(=O)c1c(F)c(F)cc(F)c1F. The molecule has 0 aliphatic heterocycles. The Morgan fingerprint density at radius 1 is 1.10 bits per heavy atom. The Labute approximate surface area is 119 Å². The van der Waals surface area contributed by atoms with Crippen LogP contribution in [0, 0.1) is 28.7 Å². The summed E-state index contributed by atoms with van der Waals surface area (Å²) in [5, 5.41) is 9.88.